The lowest BCUT2D eigenvalue weighted by atomic mass is 9.91. The number of pyridine rings is 1. The van der Waals surface area contributed by atoms with Crippen LogP contribution in [0.15, 0.2) is 41.1 Å². The van der Waals surface area contributed by atoms with Gasteiger partial charge in [-0.2, -0.15) is 0 Å². The number of carbonyl (C=O) groups is 1. The number of rotatable bonds is 2. The first-order chi connectivity index (χ1) is 10.6. The van der Waals surface area contributed by atoms with Gasteiger partial charge in [0.15, 0.2) is 5.15 Å². The number of hydrogen-bond acceptors (Lipinski definition) is 3. The zero-order chi connectivity index (χ0) is 15.5. The first-order valence-corrected chi connectivity index (χ1v) is 7.74. The Morgan fingerprint density at radius 2 is 2.32 bits per heavy atom. The average Bonchev–Trinajstić information content (AvgIpc) is 3.03. The molecule has 22 heavy (non-hydrogen) atoms. The number of furan rings is 1. The van der Waals surface area contributed by atoms with Gasteiger partial charge < -0.3 is 14.6 Å². The number of aromatic nitrogens is 1. The van der Waals surface area contributed by atoms with Crippen LogP contribution in [-0.2, 0) is 0 Å². The number of likely N-dealkylation sites (tertiary alicyclic amines) is 1. The van der Waals surface area contributed by atoms with Crippen molar-refractivity contribution < 1.29 is 9.21 Å². The Morgan fingerprint density at radius 1 is 1.45 bits per heavy atom. The van der Waals surface area contributed by atoms with Crippen LogP contribution in [0.5, 0.6) is 0 Å². The van der Waals surface area contributed by atoms with E-state index in [4.69, 9.17) is 16.0 Å². The van der Waals surface area contributed by atoms with E-state index in [2.05, 4.69) is 17.2 Å². The molecule has 116 valence electrons. The van der Waals surface area contributed by atoms with Gasteiger partial charge >= 0.3 is 6.03 Å². The summed E-state index contributed by atoms with van der Waals surface area (Å²) < 4.78 is 5.52. The second kappa shape index (κ2) is 6.40. The predicted molar refractivity (Wildman–Crippen MR) is 84.8 cm³/mol. The Hall–Kier alpha value is -2.01. The zero-order valence-corrected chi connectivity index (χ0v) is 13.1. The topological polar surface area (TPSA) is 58.4 Å². The van der Waals surface area contributed by atoms with Gasteiger partial charge in [-0.05, 0) is 43.0 Å². The molecule has 6 heteroatoms. The van der Waals surface area contributed by atoms with Crippen LogP contribution in [0.3, 0.4) is 0 Å². The normalized spacial score (nSPS) is 21.6. The fourth-order valence-corrected chi connectivity index (χ4v) is 2.97. The van der Waals surface area contributed by atoms with Gasteiger partial charge in [0, 0.05) is 12.7 Å². The molecule has 2 aromatic rings. The molecule has 0 saturated carbocycles. The molecule has 0 radical (unpaired) electrons. The van der Waals surface area contributed by atoms with Gasteiger partial charge in [0.05, 0.1) is 18.0 Å². The first kappa shape index (κ1) is 14.9. The third-order valence-corrected chi connectivity index (χ3v) is 4.30. The number of halogens is 1. The highest BCUT2D eigenvalue weighted by molar-refractivity contribution is 6.32. The Labute approximate surface area is 134 Å². The van der Waals surface area contributed by atoms with Gasteiger partial charge in [0.25, 0.3) is 0 Å². The Morgan fingerprint density at radius 3 is 3.05 bits per heavy atom. The molecule has 1 saturated heterocycles. The minimum Gasteiger partial charge on any atom is -0.467 e. The van der Waals surface area contributed by atoms with Crippen LogP contribution in [0, 0.1) is 5.92 Å². The van der Waals surface area contributed by atoms with Crippen molar-refractivity contribution in [3.63, 3.8) is 0 Å². The molecule has 0 unspecified atom stereocenters. The standard InChI is InChI=1S/C16H18ClN3O2/c1-11-6-8-20(13(10-11)14-5-3-9-22-14)16(21)19-12-4-2-7-18-15(12)17/h2-5,7,9,11,13H,6,8,10H2,1H3,(H,19,21)/t11-,13-/m0/s1. The molecule has 3 rings (SSSR count). The van der Waals surface area contributed by atoms with E-state index in [0.717, 1.165) is 18.6 Å². The monoisotopic (exact) mass is 319 g/mol. The zero-order valence-electron chi connectivity index (χ0n) is 12.3. The fraction of sp³-hybridized carbons (Fsp3) is 0.375. The second-order valence-corrected chi connectivity index (χ2v) is 5.98. The molecule has 2 amide bonds. The van der Waals surface area contributed by atoms with E-state index in [0.29, 0.717) is 18.2 Å². The van der Waals surface area contributed by atoms with E-state index in [-0.39, 0.29) is 17.2 Å². The Kier molecular flexibility index (Phi) is 4.34. The summed E-state index contributed by atoms with van der Waals surface area (Å²) in [6.07, 6.45) is 5.10. The first-order valence-electron chi connectivity index (χ1n) is 7.36. The third kappa shape index (κ3) is 3.09. The number of nitrogens with one attached hydrogen (secondary N) is 1. The maximum Gasteiger partial charge on any atom is 0.322 e. The molecule has 2 atom stereocenters. The summed E-state index contributed by atoms with van der Waals surface area (Å²) >= 11 is 6.00. The largest absolute Gasteiger partial charge is 0.467 e. The summed E-state index contributed by atoms with van der Waals surface area (Å²) in [6.45, 7) is 2.89. The van der Waals surface area contributed by atoms with Crippen molar-refractivity contribution in [3.05, 3.63) is 47.6 Å². The summed E-state index contributed by atoms with van der Waals surface area (Å²) in [5, 5.41) is 3.13. The van der Waals surface area contributed by atoms with Gasteiger partial charge in [0.1, 0.15) is 5.76 Å². The Bertz CT molecular complexity index is 645. The van der Waals surface area contributed by atoms with Crippen molar-refractivity contribution in [2.45, 2.75) is 25.8 Å². The SMILES string of the molecule is C[C@H]1CCN(C(=O)Nc2cccnc2Cl)[C@H](c2ccco2)C1. The smallest absolute Gasteiger partial charge is 0.322 e. The summed E-state index contributed by atoms with van der Waals surface area (Å²) in [5.74, 6) is 1.38. The molecule has 1 fully saturated rings. The minimum absolute atomic E-state index is 0.0470. The van der Waals surface area contributed by atoms with E-state index in [9.17, 15) is 4.79 Å². The molecule has 2 aromatic heterocycles. The average molecular weight is 320 g/mol. The molecule has 0 aliphatic carbocycles. The highest BCUT2D eigenvalue weighted by Gasteiger charge is 2.32. The second-order valence-electron chi connectivity index (χ2n) is 5.63. The molecule has 1 aliphatic rings. The summed E-state index contributed by atoms with van der Waals surface area (Å²) in [6, 6.07) is 7.02. The number of carbonyl (C=O) groups excluding carboxylic acids is 1. The molecule has 5 nitrogen and oxygen atoms in total. The third-order valence-electron chi connectivity index (χ3n) is 4.00. The fourth-order valence-electron chi connectivity index (χ4n) is 2.80. The maximum atomic E-state index is 12.6. The van der Waals surface area contributed by atoms with E-state index >= 15 is 0 Å². The number of piperidine rings is 1. The van der Waals surface area contributed by atoms with Crippen LogP contribution in [0.4, 0.5) is 10.5 Å². The van der Waals surface area contributed by atoms with Crippen LogP contribution >= 0.6 is 11.6 Å². The lowest BCUT2D eigenvalue weighted by Crippen LogP contribution is -2.42. The molecule has 0 bridgehead atoms. The van der Waals surface area contributed by atoms with Crippen molar-refractivity contribution in [2.24, 2.45) is 5.92 Å². The molecular weight excluding hydrogens is 302 g/mol. The van der Waals surface area contributed by atoms with Crippen molar-refractivity contribution in [3.8, 4) is 0 Å². The lowest BCUT2D eigenvalue weighted by Gasteiger charge is -2.37. The van der Waals surface area contributed by atoms with Crippen molar-refractivity contribution in [2.75, 3.05) is 11.9 Å². The van der Waals surface area contributed by atoms with E-state index in [1.807, 2.05) is 17.0 Å². The van der Waals surface area contributed by atoms with Gasteiger partial charge in [-0.1, -0.05) is 18.5 Å². The number of urea groups is 1. The Balaban J connectivity index is 1.79. The molecule has 3 heterocycles. The number of amides is 2. The van der Waals surface area contributed by atoms with Gasteiger partial charge in [-0.25, -0.2) is 9.78 Å². The van der Waals surface area contributed by atoms with Crippen LogP contribution in [-0.4, -0.2) is 22.5 Å². The van der Waals surface area contributed by atoms with Crippen LogP contribution in [0.2, 0.25) is 5.15 Å². The van der Waals surface area contributed by atoms with Crippen molar-refractivity contribution in [1.82, 2.24) is 9.88 Å². The molecule has 0 spiro atoms. The molecular formula is C16H18ClN3O2. The van der Waals surface area contributed by atoms with E-state index < -0.39 is 0 Å². The van der Waals surface area contributed by atoms with Gasteiger partial charge in [0.2, 0.25) is 0 Å². The van der Waals surface area contributed by atoms with Crippen molar-refractivity contribution in [1.29, 1.82) is 0 Å². The number of hydrogen-bond donors (Lipinski definition) is 1. The van der Waals surface area contributed by atoms with Gasteiger partial charge in [-0.15, -0.1) is 0 Å². The molecule has 1 N–H and O–H groups in total. The van der Waals surface area contributed by atoms with Crippen LogP contribution in [0.25, 0.3) is 0 Å². The van der Waals surface area contributed by atoms with Gasteiger partial charge in [-0.3, -0.25) is 0 Å². The highest BCUT2D eigenvalue weighted by atomic mass is 35.5. The molecule has 1 aliphatic heterocycles. The molecule has 0 aromatic carbocycles. The quantitative estimate of drug-likeness (QED) is 0.838. The summed E-state index contributed by atoms with van der Waals surface area (Å²) in [5.41, 5.74) is 0.519. The van der Waals surface area contributed by atoms with Crippen molar-refractivity contribution >= 4 is 23.3 Å². The number of nitrogens with zero attached hydrogens (tertiary/aromatic N) is 2. The van der Waals surface area contributed by atoms with E-state index in [1.165, 1.54) is 0 Å². The minimum atomic E-state index is -0.178. The van der Waals surface area contributed by atoms with Crippen LogP contribution in [0.1, 0.15) is 31.6 Å². The lowest BCUT2D eigenvalue weighted by molar-refractivity contribution is 0.129. The number of anilines is 1. The maximum absolute atomic E-state index is 12.6. The summed E-state index contributed by atoms with van der Waals surface area (Å²) in [4.78, 5) is 18.4. The van der Waals surface area contributed by atoms with Crippen LogP contribution < -0.4 is 5.32 Å². The van der Waals surface area contributed by atoms with E-state index in [1.54, 1.807) is 24.6 Å². The highest BCUT2D eigenvalue weighted by Crippen LogP contribution is 2.34. The predicted octanol–water partition coefficient (Wildman–Crippen LogP) is 4.33. The summed E-state index contributed by atoms with van der Waals surface area (Å²) in [7, 11) is 0.